The molecule has 0 amide bonds. The quantitative estimate of drug-likeness (QED) is 0.0279. The van der Waals surface area contributed by atoms with E-state index in [0.29, 0.717) is 51.4 Å². The summed E-state index contributed by atoms with van der Waals surface area (Å²) in [5.74, 6) is -2.14. The molecule has 0 radical (unpaired) electrons. The van der Waals surface area contributed by atoms with Gasteiger partial charge in [0, 0.05) is 0 Å². The molecule has 0 aliphatic heterocycles. The molecule has 0 aromatic heterocycles. The lowest BCUT2D eigenvalue weighted by atomic mass is 9.62. The van der Waals surface area contributed by atoms with E-state index < -0.39 is 59.3 Å². The summed E-state index contributed by atoms with van der Waals surface area (Å²) >= 11 is 0. The lowest BCUT2D eigenvalue weighted by molar-refractivity contribution is -0.271. The lowest BCUT2D eigenvalue weighted by Gasteiger charge is -2.52. The summed E-state index contributed by atoms with van der Waals surface area (Å²) in [6.07, 6.45) is 19.4. The fraction of sp³-hybridized carbons (Fsp3) is 0.826. The summed E-state index contributed by atoms with van der Waals surface area (Å²) in [5.41, 5.74) is -4.41. The third-order valence-corrected chi connectivity index (χ3v) is 11.9. The monoisotopic (exact) mass is 735 g/mol. The van der Waals surface area contributed by atoms with E-state index in [1.165, 1.54) is 0 Å². The SMILES string of the molecule is C=CCC(CCCCCC)C(O)[C@](O)(C(CC=C)CCCCCC)[C@@H](O)[C@H](O)[C@@](O)(C(CC=C)CCCCCC)C(O)C(CC=C)CCCCCC. The van der Waals surface area contributed by atoms with Gasteiger partial charge in [0.2, 0.25) is 0 Å². The van der Waals surface area contributed by atoms with E-state index in [2.05, 4.69) is 54.0 Å². The zero-order valence-corrected chi connectivity index (χ0v) is 34.4. The highest BCUT2D eigenvalue weighted by Crippen LogP contribution is 2.45. The van der Waals surface area contributed by atoms with Crippen molar-refractivity contribution in [3.8, 4) is 0 Å². The molecule has 0 saturated carbocycles. The average molecular weight is 735 g/mol. The summed E-state index contributed by atoms with van der Waals surface area (Å²) in [6.45, 7) is 24.4. The number of hydrogen-bond acceptors (Lipinski definition) is 6. The maximum absolute atomic E-state index is 13.0. The van der Waals surface area contributed by atoms with Crippen LogP contribution in [-0.4, -0.2) is 66.3 Å². The number of rotatable bonds is 37. The Labute approximate surface area is 321 Å². The van der Waals surface area contributed by atoms with Crippen LogP contribution in [0.15, 0.2) is 50.6 Å². The van der Waals surface area contributed by atoms with Crippen LogP contribution in [0.5, 0.6) is 0 Å². The van der Waals surface area contributed by atoms with E-state index in [0.717, 1.165) is 103 Å². The summed E-state index contributed by atoms with van der Waals surface area (Å²) in [5, 5.41) is 75.9. The largest absolute Gasteiger partial charge is 0.390 e. The zero-order chi connectivity index (χ0) is 39.4. The highest BCUT2D eigenvalue weighted by molar-refractivity contribution is 5.12. The number of unbranched alkanes of at least 4 members (excludes halogenated alkanes) is 12. The molecule has 52 heavy (non-hydrogen) atoms. The molecule has 0 aromatic carbocycles. The fourth-order valence-corrected chi connectivity index (χ4v) is 8.59. The van der Waals surface area contributed by atoms with Crippen LogP contribution in [0.1, 0.15) is 182 Å². The molecule has 306 valence electrons. The van der Waals surface area contributed by atoms with Crippen molar-refractivity contribution in [2.24, 2.45) is 23.7 Å². The molecule has 0 bridgehead atoms. The van der Waals surface area contributed by atoms with Crippen molar-refractivity contribution in [2.45, 2.75) is 217 Å². The normalized spacial score (nSPS) is 18.9. The number of hydrogen-bond donors (Lipinski definition) is 6. The van der Waals surface area contributed by atoms with E-state index in [1.807, 2.05) is 0 Å². The van der Waals surface area contributed by atoms with Crippen molar-refractivity contribution in [2.75, 3.05) is 0 Å². The third-order valence-electron chi connectivity index (χ3n) is 11.9. The van der Waals surface area contributed by atoms with Gasteiger partial charge in [0.25, 0.3) is 0 Å². The summed E-state index contributed by atoms with van der Waals surface area (Å²) in [7, 11) is 0. The topological polar surface area (TPSA) is 121 Å². The van der Waals surface area contributed by atoms with Crippen molar-refractivity contribution in [3.63, 3.8) is 0 Å². The zero-order valence-electron chi connectivity index (χ0n) is 34.4. The predicted octanol–water partition coefficient (Wildman–Crippen LogP) is 10.5. The summed E-state index contributed by atoms with van der Waals surface area (Å²) < 4.78 is 0. The van der Waals surface area contributed by atoms with Gasteiger partial charge in [-0.25, -0.2) is 0 Å². The molecule has 0 fully saturated rings. The Morgan fingerprint density at radius 1 is 0.385 bits per heavy atom. The summed E-state index contributed by atoms with van der Waals surface area (Å²) in [6, 6.07) is 0. The first-order chi connectivity index (χ1) is 25.0. The van der Waals surface area contributed by atoms with Gasteiger partial charge in [-0.2, -0.15) is 0 Å². The van der Waals surface area contributed by atoms with Crippen molar-refractivity contribution in [3.05, 3.63) is 50.6 Å². The molecule has 0 spiro atoms. The Morgan fingerprint density at radius 2 is 0.654 bits per heavy atom. The standard InChI is InChI=1S/C46H86O6/c1-9-17-21-25-33-37(29-13-5)41(47)45(51,39(31-15-7)35-27-23-19-11-3)43(49)44(50)46(52,40(32-16-8)36-28-24-20-12-4)42(48)38(30-14-6)34-26-22-18-10-2/h13-16,37-44,47-52H,5-12,17-36H2,1-4H3/t37?,38?,39?,40?,41?,42?,43-,44-,45+,46+/m0/s1. The number of aliphatic hydroxyl groups excluding tert-OH is 4. The molecule has 10 atom stereocenters. The molecule has 6 unspecified atom stereocenters. The van der Waals surface area contributed by atoms with Crippen LogP contribution in [0.25, 0.3) is 0 Å². The smallest absolute Gasteiger partial charge is 0.122 e. The lowest BCUT2D eigenvalue weighted by Crippen LogP contribution is -2.71. The number of allylic oxidation sites excluding steroid dienone is 4. The maximum Gasteiger partial charge on any atom is 0.122 e. The molecule has 0 aliphatic rings. The first kappa shape index (κ1) is 50.7. The van der Waals surface area contributed by atoms with Crippen LogP contribution >= 0.6 is 0 Å². The van der Waals surface area contributed by atoms with Crippen molar-refractivity contribution < 1.29 is 30.6 Å². The second-order valence-electron chi connectivity index (χ2n) is 16.0. The molecule has 6 heteroatoms. The van der Waals surface area contributed by atoms with Crippen LogP contribution in [0.4, 0.5) is 0 Å². The molecule has 0 rings (SSSR count). The van der Waals surface area contributed by atoms with Crippen LogP contribution in [0.3, 0.4) is 0 Å². The molecule has 0 aromatic rings. The summed E-state index contributed by atoms with van der Waals surface area (Å²) in [4.78, 5) is 0. The van der Waals surface area contributed by atoms with Gasteiger partial charge < -0.3 is 30.6 Å². The molecule has 0 saturated heterocycles. The molecule has 0 aliphatic carbocycles. The average Bonchev–Trinajstić information content (AvgIpc) is 3.14. The first-order valence-corrected chi connectivity index (χ1v) is 21.6. The minimum atomic E-state index is -2.21. The molecular formula is C46H86O6. The van der Waals surface area contributed by atoms with Crippen LogP contribution in [0, 0.1) is 23.7 Å². The van der Waals surface area contributed by atoms with Gasteiger partial charge in [-0.15, -0.1) is 26.3 Å². The third kappa shape index (κ3) is 16.2. The molecule has 6 N–H and O–H groups in total. The first-order valence-electron chi connectivity index (χ1n) is 21.6. The molecular weight excluding hydrogens is 649 g/mol. The van der Waals surface area contributed by atoms with Gasteiger partial charge in [-0.3, -0.25) is 0 Å². The van der Waals surface area contributed by atoms with Gasteiger partial charge in [0.05, 0.1) is 12.2 Å². The Bertz CT molecular complexity index is 835. The fourth-order valence-electron chi connectivity index (χ4n) is 8.59. The minimum Gasteiger partial charge on any atom is -0.390 e. The van der Waals surface area contributed by atoms with Crippen molar-refractivity contribution in [1.82, 2.24) is 0 Å². The highest BCUT2D eigenvalue weighted by atomic mass is 16.4. The Kier molecular flexibility index (Phi) is 29.3. The second kappa shape index (κ2) is 30.0. The Hall–Kier alpha value is -1.28. The van der Waals surface area contributed by atoms with Crippen LogP contribution in [-0.2, 0) is 0 Å². The van der Waals surface area contributed by atoms with Crippen LogP contribution in [0.2, 0.25) is 0 Å². The Balaban J connectivity index is 7.43. The van der Waals surface area contributed by atoms with Gasteiger partial charge in [-0.1, -0.05) is 155 Å². The number of aliphatic hydroxyl groups is 6. The predicted molar refractivity (Wildman–Crippen MR) is 222 cm³/mol. The second-order valence-corrected chi connectivity index (χ2v) is 16.0. The van der Waals surface area contributed by atoms with Crippen molar-refractivity contribution >= 4 is 0 Å². The van der Waals surface area contributed by atoms with Gasteiger partial charge in [-0.05, 0) is 75.0 Å². The van der Waals surface area contributed by atoms with Gasteiger partial charge in [0.15, 0.2) is 0 Å². The van der Waals surface area contributed by atoms with E-state index in [4.69, 9.17) is 0 Å². The highest BCUT2D eigenvalue weighted by Gasteiger charge is 2.60. The van der Waals surface area contributed by atoms with E-state index in [-0.39, 0.29) is 0 Å². The minimum absolute atomic E-state index is 0.310. The van der Waals surface area contributed by atoms with Crippen molar-refractivity contribution in [1.29, 1.82) is 0 Å². The Morgan fingerprint density at radius 3 is 0.904 bits per heavy atom. The molecule has 0 heterocycles. The van der Waals surface area contributed by atoms with Crippen LogP contribution < -0.4 is 0 Å². The van der Waals surface area contributed by atoms with Gasteiger partial charge in [0.1, 0.15) is 23.4 Å². The van der Waals surface area contributed by atoms with Gasteiger partial charge >= 0.3 is 0 Å². The maximum atomic E-state index is 13.0. The van der Waals surface area contributed by atoms with E-state index in [1.54, 1.807) is 24.3 Å². The van der Waals surface area contributed by atoms with E-state index >= 15 is 0 Å². The molecule has 6 nitrogen and oxygen atoms in total. The van der Waals surface area contributed by atoms with E-state index in [9.17, 15) is 30.6 Å².